The average Bonchev–Trinajstić information content (AvgIpc) is 2.89. The number of hydrogen-bond donors (Lipinski definition) is 2. The van der Waals surface area contributed by atoms with Gasteiger partial charge in [0.15, 0.2) is 5.76 Å². The van der Waals surface area contributed by atoms with Gasteiger partial charge in [0.2, 0.25) is 11.6 Å². The molecule has 0 saturated carbocycles. The number of phenolic OH excluding ortho intramolecular Hbond substituents is 1. The lowest BCUT2D eigenvalue weighted by molar-refractivity contribution is 0.0953. The second-order valence-corrected chi connectivity index (χ2v) is 4.43. The maximum Gasteiger partial charge on any atom is 0.229 e. The van der Waals surface area contributed by atoms with Crippen LogP contribution in [0.5, 0.6) is 5.75 Å². The van der Waals surface area contributed by atoms with Gasteiger partial charge in [0.05, 0.1) is 11.1 Å². The second kappa shape index (κ2) is 4.18. The highest BCUT2D eigenvalue weighted by Gasteiger charge is 2.36. The smallest absolute Gasteiger partial charge is 0.229 e. The van der Waals surface area contributed by atoms with Crippen LogP contribution >= 0.6 is 0 Å². The maximum atomic E-state index is 12.3. The molecule has 5 heteroatoms. The fraction of sp³-hybridized carbons (Fsp3) is 0.0667. The van der Waals surface area contributed by atoms with E-state index in [0.29, 0.717) is 0 Å². The van der Waals surface area contributed by atoms with E-state index in [1.807, 2.05) is 0 Å². The highest BCUT2D eigenvalue weighted by molar-refractivity contribution is 6.28. The van der Waals surface area contributed by atoms with E-state index >= 15 is 0 Å². The fourth-order valence-electron chi connectivity index (χ4n) is 2.23. The number of hydrogen-bond acceptors (Lipinski definition) is 5. The van der Waals surface area contributed by atoms with E-state index in [2.05, 4.69) is 6.58 Å². The summed E-state index contributed by atoms with van der Waals surface area (Å²) in [7, 11) is 0. The second-order valence-electron chi connectivity index (χ2n) is 4.43. The summed E-state index contributed by atoms with van der Waals surface area (Å²) in [6.45, 7) is 3.41. The molecule has 2 N–H and O–H groups in total. The Balaban J connectivity index is 2.23. The molecular weight excluding hydrogens is 260 g/mol. The number of aromatic hydroxyl groups is 1. The van der Waals surface area contributed by atoms with Crippen molar-refractivity contribution in [1.29, 1.82) is 0 Å². The topological polar surface area (TPSA) is 87.7 Å². The largest absolute Gasteiger partial charge is 0.507 e. The zero-order valence-electron chi connectivity index (χ0n) is 10.3. The number of carbonyl (C=O) groups excluding carboxylic acids is 2. The Kier molecular flexibility index (Phi) is 2.59. The molecule has 1 unspecified atom stereocenters. The Morgan fingerprint density at radius 3 is 2.65 bits per heavy atom. The van der Waals surface area contributed by atoms with E-state index in [-0.39, 0.29) is 34.0 Å². The fourth-order valence-corrected chi connectivity index (χ4v) is 2.23. The van der Waals surface area contributed by atoms with Crippen molar-refractivity contribution < 1.29 is 24.2 Å². The molecule has 5 nitrogen and oxygen atoms in total. The molecule has 3 rings (SSSR count). The third kappa shape index (κ3) is 1.53. The molecule has 1 atom stereocenters. The van der Waals surface area contributed by atoms with Crippen molar-refractivity contribution >= 4 is 11.6 Å². The number of aliphatic hydroxyl groups is 1. The Bertz CT molecular complexity index is 754. The van der Waals surface area contributed by atoms with Crippen LogP contribution in [0.3, 0.4) is 0 Å². The molecule has 100 valence electrons. The summed E-state index contributed by atoms with van der Waals surface area (Å²) in [6, 6.07) is 5.57. The lowest BCUT2D eigenvalue weighted by Crippen LogP contribution is -2.19. The van der Waals surface area contributed by atoms with Crippen molar-refractivity contribution in [3.05, 3.63) is 65.1 Å². The van der Waals surface area contributed by atoms with Crippen LogP contribution in [-0.2, 0) is 0 Å². The number of benzene rings is 1. The minimum Gasteiger partial charge on any atom is -0.507 e. The van der Waals surface area contributed by atoms with Gasteiger partial charge < -0.3 is 14.6 Å². The Labute approximate surface area is 113 Å². The van der Waals surface area contributed by atoms with Gasteiger partial charge in [-0.2, -0.15) is 0 Å². The minimum atomic E-state index is -1.10. The molecule has 1 aromatic carbocycles. The van der Waals surface area contributed by atoms with Gasteiger partial charge in [-0.1, -0.05) is 12.1 Å². The third-order valence-electron chi connectivity index (χ3n) is 3.23. The monoisotopic (exact) mass is 270 g/mol. The molecular formula is C15H10O5. The standard InChI is InChI=1S/C15H10O5/c1-2-9(16)11-6-8-13(18)12-7(4-3-5-10(12)17)14(19)15(8)20-11/h2-6,9,16-17H,1H2. The summed E-state index contributed by atoms with van der Waals surface area (Å²) in [5.41, 5.74) is 0.0989. The van der Waals surface area contributed by atoms with Crippen LogP contribution in [0, 0.1) is 0 Å². The Morgan fingerprint density at radius 2 is 1.95 bits per heavy atom. The first-order chi connectivity index (χ1) is 9.54. The lowest BCUT2D eigenvalue weighted by atomic mass is 9.88. The lowest BCUT2D eigenvalue weighted by Gasteiger charge is -2.13. The molecule has 0 spiro atoms. The van der Waals surface area contributed by atoms with E-state index in [0.717, 1.165) is 0 Å². The molecule has 0 saturated heterocycles. The van der Waals surface area contributed by atoms with Crippen molar-refractivity contribution in [2.45, 2.75) is 6.10 Å². The van der Waals surface area contributed by atoms with Crippen molar-refractivity contribution in [3.63, 3.8) is 0 Å². The van der Waals surface area contributed by atoms with Crippen molar-refractivity contribution in [1.82, 2.24) is 0 Å². The van der Waals surface area contributed by atoms with Crippen LogP contribution in [0.1, 0.15) is 43.9 Å². The number of ketones is 2. The van der Waals surface area contributed by atoms with Crippen molar-refractivity contribution in [3.8, 4) is 5.75 Å². The van der Waals surface area contributed by atoms with E-state index in [1.54, 1.807) is 0 Å². The predicted molar refractivity (Wildman–Crippen MR) is 68.8 cm³/mol. The summed E-state index contributed by atoms with van der Waals surface area (Å²) in [5.74, 6) is -1.30. The summed E-state index contributed by atoms with van der Waals surface area (Å²) in [5, 5.41) is 19.4. The first-order valence-corrected chi connectivity index (χ1v) is 5.90. The normalized spacial score (nSPS) is 14.7. The average molecular weight is 270 g/mol. The van der Waals surface area contributed by atoms with Gasteiger partial charge in [0.25, 0.3) is 0 Å². The van der Waals surface area contributed by atoms with E-state index in [1.165, 1.54) is 30.3 Å². The number of aliphatic hydroxyl groups excluding tert-OH is 1. The van der Waals surface area contributed by atoms with Crippen LogP contribution < -0.4 is 0 Å². The van der Waals surface area contributed by atoms with Gasteiger partial charge in [0, 0.05) is 5.56 Å². The molecule has 2 aromatic rings. The summed E-state index contributed by atoms with van der Waals surface area (Å²) in [4.78, 5) is 24.6. The number of furan rings is 1. The van der Waals surface area contributed by atoms with Gasteiger partial charge in [-0.3, -0.25) is 9.59 Å². The van der Waals surface area contributed by atoms with E-state index in [9.17, 15) is 19.8 Å². The minimum absolute atomic E-state index is 0.0366. The number of rotatable bonds is 2. The quantitative estimate of drug-likeness (QED) is 0.695. The predicted octanol–water partition coefficient (Wildman–Crippen LogP) is 1.98. The zero-order chi connectivity index (χ0) is 14.4. The molecule has 0 radical (unpaired) electrons. The van der Waals surface area contributed by atoms with Crippen LogP contribution in [0.15, 0.2) is 41.3 Å². The third-order valence-corrected chi connectivity index (χ3v) is 3.23. The van der Waals surface area contributed by atoms with Crippen LogP contribution in [0.4, 0.5) is 0 Å². The maximum absolute atomic E-state index is 12.3. The van der Waals surface area contributed by atoms with Gasteiger partial charge in [0.1, 0.15) is 17.6 Å². The molecule has 1 heterocycles. The highest BCUT2D eigenvalue weighted by atomic mass is 16.4. The van der Waals surface area contributed by atoms with E-state index in [4.69, 9.17) is 4.42 Å². The Morgan fingerprint density at radius 1 is 1.20 bits per heavy atom. The number of carbonyl (C=O) groups is 2. The summed E-state index contributed by atoms with van der Waals surface area (Å²) in [6.07, 6.45) is 0.127. The van der Waals surface area contributed by atoms with E-state index < -0.39 is 17.7 Å². The van der Waals surface area contributed by atoms with Crippen LogP contribution in [0.25, 0.3) is 0 Å². The van der Waals surface area contributed by atoms with Crippen LogP contribution in [-0.4, -0.2) is 21.8 Å². The number of phenols is 1. The molecule has 0 fully saturated rings. The van der Waals surface area contributed by atoms with Gasteiger partial charge in [-0.25, -0.2) is 0 Å². The zero-order valence-corrected chi connectivity index (χ0v) is 10.3. The summed E-state index contributed by atoms with van der Waals surface area (Å²) < 4.78 is 5.26. The first-order valence-electron chi connectivity index (χ1n) is 5.90. The molecule has 1 aliphatic rings. The SMILES string of the molecule is C=CC(O)c1cc2c(o1)C(=O)c1cccc(O)c1C2=O. The molecule has 0 aliphatic heterocycles. The number of fused-ring (bicyclic) bond motifs is 2. The summed E-state index contributed by atoms with van der Waals surface area (Å²) >= 11 is 0. The Hall–Kier alpha value is -2.66. The van der Waals surface area contributed by atoms with Crippen LogP contribution in [0.2, 0.25) is 0 Å². The molecule has 0 amide bonds. The van der Waals surface area contributed by atoms with Gasteiger partial charge in [-0.15, -0.1) is 6.58 Å². The first kappa shape index (κ1) is 12.4. The highest BCUT2D eigenvalue weighted by Crippen LogP contribution is 2.35. The molecule has 0 bridgehead atoms. The van der Waals surface area contributed by atoms with Crippen molar-refractivity contribution in [2.75, 3.05) is 0 Å². The molecule has 1 aromatic heterocycles. The van der Waals surface area contributed by atoms with Crippen molar-refractivity contribution in [2.24, 2.45) is 0 Å². The molecule has 20 heavy (non-hydrogen) atoms. The molecule has 1 aliphatic carbocycles. The van der Waals surface area contributed by atoms with Gasteiger partial charge in [-0.05, 0) is 18.2 Å². The van der Waals surface area contributed by atoms with Gasteiger partial charge >= 0.3 is 0 Å².